The molecular weight excluding hydrogens is 588 g/mol. The van der Waals surface area contributed by atoms with E-state index in [0.717, 1.165) is 22.6 Å². The molecule has 0 spiro atoms. The maximum atomic E-state index is 15.4. The van der Waals surface area contributed by atoms with Crippen molar-refractivity contribution in [2.45, 2.75) is 72.1 Å². The zero-order valence-electron chi connectivity index (χ0n) is 27.4. The van der Waals surface area contributed by atoms with Crippen LogP contribution in [-0.2, 0) is 28.9 Å². The number of carbonyl (C=O) groups excluding carboxylic acids is 3. The SMILES string of the molecule is COc1ccc(CCc2c(F)cc(CN(C(=O)OC(C)(C)C)C(=NC(=O)OC(C)(C)C)N3CN(C)C(=O)N(C)C3)cc2F)cc1. The molecular formula is C32H43F2N5O6. The third-order valence-corrected chi connectivity index (χ3v) is 6.51. The van der Waals surface area contributed by atoms with Gasteiger partial charge in [-0.2, -0.15) is 0 Å². The molecule has 13 heteroatoms. The number of amides is 4. The first-order chi connectivity index (χ1) is 20.9. The fraction of sp³-hybridized carbons (Fsp3) is 0.500. The lowest BCUT2D eigenvalue weighted by atomic mass is 10.0. The maximum Gasteiger partial charge on any atom is 0.437 e. The standard InChI is InChI=1S/C32H43F2N5O6/c1-31(2,3)44-28(40)35-27(38-19-36(7)29(41)37(8)20-38)39(30(42)45-32(4,5)6)18-22-16-25(33)24(26(34)17-22)15-12-21-10-13-23(43-9)14-11-21/h10-11,13-14,16-17H,12,15,18-20H2,1-9H3. The Balaban J connectivity index is 2.00. The number of carbonyl (C=O) groups is 3. The second-order valence-electron chi connectivity index (χ2n) is 12.8. The van der Waals surface area contributed by atoms with E-state index in [9.17, 15) is 14.4 Å². The van der Waals surface area contributed by atoms with Crippen LogP contribution in [0.2, 0.25) is 0 Å². The topological polar surface area (TPSA) is 104 Å². The third kappa shape index (κ3) is 10.0. The summed E-state index contributed by atoms with van der Waals surface area (Å²) in [6, 6.07) is 9.22. The molecule has 1 fully saturated rings. The summed E-state index contributed by atoms with van der Waals surface area (Å²) >= 11 is 0. The first kappa shape index (κ1) is 35.1. The quantitative estimate of drug-likeness (QED) is 0.285. The molecule has 0 aromatic heterocycles. The molecule has 0 saturated carbocycles. The van der Waals surface area contributed by atoms with Gasteiger partial charge in [0.2, 0.25) is 5.96 Å². The van der Waals surface area contributed by atoms with Crippen LogP contribution in [0.3, 0.4) is 0 Å². The van der Waals surface area contributed by atoms with Crippen LogP contribution in [0.5, 0.6) is 5.75 Å². The van der Waals surface area contributed by atoms with E-state index in [0.29, 0.717) is 12.2 Å². The van der Waals surface area contributed by atoms with Crippen LogP contribution in [0.1, 0.15) is 58.2 Å². The van der Waals surface area contributed by atoms with E-state index < -0.39 is 41.6 Å². The maximum absolute atomic E-state index is 15.4. The number of ether oxygens (including phenoxy) is 3. The minimum absolute atomic E-state index is 0.0445. The molecule has 0 atom stereocenters. The smallest absolute Gasteiger partial charge is 0.437 e. The van der Waals surface area contributed by atoms with Crippen LogP contribution in [-0.4, -0.2) is 89.5 Å². The van der Waals surface area contributed by atoms with Crippen molar-refractivity contribution in [2.24, 2.45) is 4.99 Å². The van der Waals surface area contributed by atoms with Gasteiger partial charge in [0.1, 0.15) is 28.6 Å². The van der Waals surface area contributed by atoms with Gasteiger partial charge in [-0.05, 0) is 89.8 Å². The Kier molecular flexibility index (Phi) is 11.0. The Hall–Kier alpha value is -4.42. The van der Waals surface area contributed by atoms with Crippen molar-refractivity contribution in [2.75, 3.05) is 34.5 Å². The van der Waals surface area contributed by atoms with Crippen molar-refractivity contribution in [1.82, 2.24) is 19.6 Å². The number of urea groups is 1. The Morgan fingerprint density at radius 2 is 1.40 bits per heavy atom. The zero-order chi connectivity index (χ0) is 33.7. The van der Waals surface area contributed by atoms with Gasteiger partial charge in [-0.3, -0.25) is 0 Å². The molecule has 11 nitrogen and oxygen atoms in total. The molecule has 0 radical (unpaired) electrons. The number of hydrogen-bond donors (Lipinski definition) is 0. The van der Waals surface area contributed by atoms with Crippen LogP contribution < -0.4 is 4.74 Å². The van der Waals surface area contributed by atoms with E-state index in [1.54, 1.807) is 74.9 Å². The molecule has 2 aromatic rings. The van der Waals surface area contributed by atoms with Gasteiger partial charge in [0, 0.05) is 19.7 Å². The molecule has 246 valence electrons. The van der Waals surface area contributed by atoms with Gasteiger partial charge >= 0.3 is 18.2 Å². The highest BCUT2D eigenvalue weighted by molar-refractivity contribution is 5.99. The van der Waals surface area contributed by atoms with Gasteiger partial charge in [-0.1, -0.05) is 12.1 Å². The number of guanidine groups is 1. The predicted molar refractivity (Wildman–Crippen MR) is 165 cm³/mol. The van der Waals surface area contributed by atoms with Gasteiger partial charge < -0.3 is 28.9 Å². The van der Waals surface area contributed by atoms with E-state index in [4.69, 9.17) is 14.2 Å². The highest BCUT2D eigenvalue weighted by Gasteiger charge is 2.35. The number of aryl methyl sites for hydroxylation is 1. The molecule has 1 aliphatic rings. The highest BCUT2D eigenvalue weighted by atomic mass is 19.1. The molecule has 1 heterocycles. The van der Waals surface area contributed by atoms with Crippen LogP contribution >= 0.6 is 0 Å². The number of nitrogens with zero attached hydrogens (tertiary/aromatic N) is 5. The van der Waals surface area contributed by atoms with Crippen LogP contribution in [0.4, 0.5) is 23.2 Å². The molecule has 3 rings (SSSR count). The number of benzene rings is 2. The summed E-state index contributed by atoms with van der Waals surface area (Å²) in [4.78, 5) is 48.4. The number of aliphatic imine (C=N–C) groups is 1. The van der Waals surface area contributed by atoms with E-state index in [-0.39, 0.29) is 42.9 Å². The van der Waals surface area contributed by atoms with Crippen molar-refractivity contribution in [3.63, 3.8) is 0 Å². The summed E-state index contributed by atoms with van der Waals surface area (Å²) in [5.74, 6) is -1.10. The van der Waals surface area contributed by atoms with Crippen LogP contribution in [0.15, 0.2) is 41.4 Å². The zero-order valence-corrected chi connectivity index (χ0v) is 27.4. The molecule has 1 saturated heterocycles. The van der Waals surface area contributed by atoms with Crippen LogP contribution in [0, 0.1) is 11.6 Å². The summed E-state index contributed by atoms with van der Waals surface area (Å²) in [7, 11) is 4.65. The molecule has 0 bridgehead atoms. The van der Waals surface area contributed by atoms with Gasteiger partial charge in [-0.15, -0.1) is 4.99 Å². The van der Waals surface area contributed by atoms with E-state index in [1.165, 1.54) is 14.7 Å². The summed E-state index contributed by atoms with van der Waals surface area (Å²) < 4.78 is 47.0. The van der Waals surface area contributed by atoms with Crippen LogP contribution in [0.25, 0.3) is 0 Å². The normalized spacial score (nSPS) is 14.4. The molecule has 45 heavy (non-hydrogen) atoms. The average Bonchev–Trinajstić information content (AvgIpc) is 2.91. The molecule has 0 aliphatic carbocycles. The number of rotatable bonds is 6. The molecule has 1 aliphatic heterocycles. The van der Waals surface area contributed by atoms with E-state index >= 15 is 8.78 Å². The number of methoxy groups -OCH3 is 1. The lowest BCUT2D eigenvalue weighted by Gasteiger charge is -2.42. The Labute approximate surface area is 263 Å². The summed E-state index contributed by atoms with van der Waals surface area (Å²) in [5.41, 5.74) is -0.983. The fourth-order valence-electron chi connectivity index (χ4n) is 4.53. The highest BCUT2D eigenvalue weighted by Crippen LogP contribution is 2.23. The van der Waals surface area contributed by atoms with Crippen molar-refractivity contribution in [3.05, 3.63) is 64.7 Å². The lowest BCUT2D eigenvalue weighted by molar-refractivity contribution is 0.0300. The summed E-state index contributed by atoms with van der Waals surface area (Å²) in [6.45, 7) is 9.47. The molecule has 2 aromatic carbocycles. The van der Waals surface area contributed by atoms with Crippen molar-refractivity contribution < 1.29 is 37.4 Å². The van der Waals surface area contributed by atoms with Crippen molar-refractivity contribution in [1.29, 1.82) is 0 Å². The average molecular weight is 632 g/mol. The first-order valence-electron chi connectivity index (χ1n) is 14.5. The van der Waals surface area contributed by atoms with Crippen molar-refractivity contribution in [3.8, 4) is 5.75 Å². The Bertz CT molecular complexity index is 1380. The molecule has 4 amide bonds. The second kappa shape index (κ2) is 14.1. The largest absolute Gasteiger partial charge is 0.497 e. The van der Waals surface area contributed by atoms with Gasteiger partial charge in [-0.25, -0.2) is 28.1 Å². The minimum atomic E-state index is -1.00. The Morgan fingerprint density at radius 3 is 1.89 bits per heavy atom. The third-order valence-electron chi connectivity index (χ3n) is 6.51. The monoisotopic (exact) mass is 631 g/mol. The lowest BCUT2D eigenvalue weighted by Crippen LogP contribution is -2.60. The summed E-state index contributed by atoms with van der Waals surface area (Å²) in [5, 5.41) is 0. The molecule has 0 N–H and O–H groups in total. The minimum Gasteiger partial charge on any atom is -0.497 e. The van der Waals surface area contributed by atoms with Gasteiger partial charge in [0.05, 0.1) is 27.0 Å². The fourth-order valence-corrected chi connectivity index (χ4v) is 4.53. The van der Waals surface area contributed by atoms with Gasteiger partial charge in [0.15, 0.2) is 0 Å². The van der Waals surface area contributed by atoms with E-state index in [2.05, 4.69) is 4.99 Å². The van der Waals surface area contributed by atoms with Gasteiger partial charge in [0.25, 0.3) is 0 Å². The van der Waals surface area contributed by atoms with E-state index in [1.807, 2.05) is 12.1 Å². The summed E-state index contributed by atoms with van der Waals surface area (Å²) in [6.07, 6.45) is -1.43. The number of hydrogen-bond acceptors (Lipinski definition) is 6. The predicted octanol–water partition coefficient (Wildman–Crippen LogP) is 6.00. The number of halogens is 2. The molecule has 0 unspecified atom stereocenters. The van der Waals surface area contributed by atoms with Crippen molar-refractivity contribution >= 4 is 24.2 Å². The second-order valence-corrected chi connectivity index (χ2v) is 12.8. The Morgan fingerprint density at radius 1 is 0.867 bits per heavy atom. The first-order valence-corrected chi connectivity index (χ1v) is 14.5.